The van der Waals surface area contributed by atoms with Crippen molar-refractivity contribution in [3.05, 3.63) is 0 Å². The Balaban J connectivity index is 0.000000331. The van der Waals surface area contributed by atoms with Crippen LogP contribution in [0.15, 0.2) is 0 Å². The normalized spacial score (nSPS) is 18.7. The second-order valence-corrected chi connectivity index (χ2v) is 6.28. The zero-order chi connectivity index (χ0) is 14.4. The third kappa shape index (κ3) is 7.36. The Morgan fingerprint density at radius 3 is 1.33 bits per heavy atom. The van der Waals surface area contributed by atoms with Crippen LogP contribution in [0.25, 0.3) is 0 Å². The van der Waals surface area contributed by atoms with Gasteiger partial charge in [0.2, 0.25) is 0 Å². The monoisotopic (exact) mass is 260 g/mol. The molecule has 0 aromatic rings. The first-order valence-corrected chi connectivity index (χ1v) is 6.86. The second-order valence-electron chi connectivity index (χ2n) is 6.28. The Bertz CT molecular complexity index is 198. The van der Waals surface area contributed by atoms with Crippen molar-refractivity contribution >= 4 is 7.12 Å². The quantitative estimate of drug-likeness (QED) is 0.450. The molecule has 0 aromatic carbocycles. The lowest BCUT2D eigenvalue weighted by molar-refractivity contribution is -0.107. The Labute approximate surface area is 111 Å². The summed E-state index contributed by atoms with van der Waals surface area (Å²) in [5, 5.41) is 35.9. The van der Waals surface area contributed by atoms with E-state index in [-0.39, 0.29) is 5.82 Å². The van der Waals surface area contributed by atoms with E-state index in [1.165, 1.54) is 25.7 Å². The molecule has 0 aromatic heterocycles. The van der Waals surface area contributed by atoms with Crippen LogP contribution < -0.4 is 0 Å². The largest absolute Gasteiger partial charge is 0.454 e. The minimum absolute atomic E-state index is 0.155. The molecule has 0 unspecified atom stereocenters. The number of rotatable bonds is 2. The van der Waals surface area contributed by atoms with Gasteiger partial charge in [-0.2, -0.15) is 0 Å². The van der Waals surface area contributed by atoms with E-state index >= 15 is 0 Å². The van der Waals surface area contributed by atoms with E-state index in [9.17, 15) is 0 Å². The van der Waals surface area contributed by atoms with Gasteiger partial charge < -0.3 is 20.3 Å². The molecular formula is C13H29BO4. The van der Waals surface area contributed by atoms with E-state index in [4.69, 9.17) is 20.3 Å². The van der Waals surface area contributed by atoms with Crippen molar-refractivity contribution in [1.29, 1.82) is 0 Å². The number of hydrogen-bond donors (Lipinski definition) is 4. The second kappa shape index (κ2) is 7.48. The van der Waals surface area contributed by atoms with Gasteiger partial charge in [0.25, 0.3) is 0 Å². The minimum Gasteiger partial charge on any atom is -0.427 e. The van der Waals surface area contributed by atoms with Crippen molar-refractivity contribution in [2.75, 3.05) is 0 Å². The lowest BCUT2D eigenvalue weighted by atomic mass is 9.69. The summed E-state index contributed by atoms with van der Waals surface area (Å²) in [4.78, 5) is 0. The molecule has 1 fully saturated rings. The molecule has 1 aliphatic carbocycles. The summed E-state index contributed by atoms with van der Waals surface area (Å²) < 4.78 is 0. The SMILES string of the molecule is CC(C)(O)C(C)(C)O.OB(O)C1CCCCCC1. The molecule has 0 bridgehead atoms. The van der Waals surface area contributed by atoms with Crippen LogP contribution in [0.2, 0.25) is 5.82 Å². The van der Waals surface area contributed by atoms with Crippen LogP contribution in [-0.2, 0) is 0 Å². The first-order chi connectivity index (χ1) is 8.05. The van der Waals surface area contributed by atoms with E-state index in [0.29, 0.717) is 0 Å². The lowest BCUT2D eigenvalue weighted by Gasteiger charge is -2.31. The summed E-state index contributed by atoms with van der Waals surface area (Å²) >= 11 is 0. The van der Waals surface area contributed by atoms with Gasteiger partial charge in [-0.1, -0.05) is 38.5 Å². The first kappa shape index (κ1) is 17.9. The maximum Gasteiger partial charge on any atom is 0.454 e. The molecule has 5 heteroatoms. The fourth-order valence-electron chi connectivity index (χ4n) is 1.61. The third-order valence-electron chi connectivity index (χ3n) is 3.82. The molecule has 4 nitrogen and oxygen atoms in total. The summed E-state index contributed by atoms with van der Waals surface area (Å²) in [7, 11) is -1.07. The summed E-state index contributed by atoms with van der Waals surface area (Å²) in [6.07, 6.45) is 6.87. The van der Waals surface area contributed by atoms with Gasteiger partial charge >= 0.3 is 7.12 Å². The van der Waals surface area contributed by atoms with Crippen molar-refractivity contribution in [3.8, 4) is 0 Å². The highest BCUT2D eigenvalue weighted by atomic mass is 16.4. The van der Waals surface area contributed by atoms with E-state index in [1.807, 2.05) is 0 Å². The Morgan fingerprint density at radius 1 is 0.778 bits per heavy atom. The molecule has 0 radical (unpaired) electrons. The first-order valence-electron chi connectivity index (χ1n) is 6.86. The predicted molar refractivity (Wildman–Crippen MR) is 74.2 cm³/mol. The zero-order valence-corrected chi connectivity index (χ0v) is 12.2. The van der Waals surface area contributed by atoms with Gasteiger partial charge in [0.05, 0.1) is 11.2 Å². The minimum atomic E-state index is -1.07. The predicted octanol–water partition coefficient (Wildman–Crippen LogP) is 1.71. The molecule has 0 spiro atoms. The van der Waals surface area contributed by atoms with Crippen LogP contribution in [0.5, 0.6) is 0 Å². The Morgan fingerprint density at radius 2 is 1.11 bits per heavy atom. The van der Waals surface area contributed by atoms with Gasteiger partial charge in [0, 0.05) is 0 Å². The standard InChI is InChI=1S/C7H15BO2.C6H14O2/c9-8(10)7-5-3-1-2-4-6-7;1-5(2,7)6(3,4)8/h7,9-10H,1-6H2;7-8H,1-4H3. The topological polar surface area (TPSA) is 80.9 Å². The van der Waals surface area contributed by atoms with Crippen molar-refractivity contribution in [3.63, 3.8) is 0 Å². The highest BCUT2D eigenvalue weighted by molar-refractivity contribution is 6.43. The van der Waals surface area contributed by atoms with Crippen molar-refractivity contribution < 1.29 is 20.3 Å². The van der Waals surface area contributed by atoms with E-state index < -0.39 is 18.3 Å². The lowest BCUT2D eigenvalue weighted by Crippen LogP contribution is -2.44. The Hall–Kier alpha value is -0.0951. The maximum atomic E-state index is 9.10. The average Bonchev–Trinajstić information content (AvgIpc) is 2.42. The molecule has 0 saturated heterocycles. The molecule has 0 aliphatic heterocycles. The van der Waals surface area contributed by atoms with Gasteiger partial charge in [0.15, 0.2) is 0 Å². The molecule has 108 valence electrons. The van der Waals surface area contributed by atoms with Gasteiger partial charge in [-0.15, -0.1) is 0 Å². The summed E-state index contributed by atoms with van der Waals surface area (Å²) in [6.45, 7) is 6.31. The summed E-state index contributed by atoms with van der Waals surface area (Å²) in [5.41, 5.74) is -2.01. The molecule has 1 saturated carbocycles. The third-order valence-corrected chi connectivity index (χ3v) is 3.82. The average molecular weight is 260 g/mol. The van der Waals surface area contributed by atoms with Crippen LogP contribution in [0.1, 0.15) is 66.2 Å². The van der Waals surface area contributed by atoms with E-state index in [2.05, 4.69) is 0 Å². The molecular weight excluding hydrogens is 231 g/mol. The molecule has 1 rings (SSSR count). The highest BCUT2D eigenvalue weighted by Crippen LogP contribution is 2.28. The Kier molecular flexibility index (Phi) is 7.44. The van der Waals surface area contributed by atoms with Crippen LogP contribution in [0.3, 0.4) is 0 Å². The molecule has 0 amide bonds. The summed E-state index contributed by atoms with van der Waals surface area (Å²) in [5.74, 6) is 0.155. The fraction of sp³-hybridized carbons (Fsp3) is 1.00. The molecule has 18 heavy (non-hydrogen) atoms. The molecule has 4 N–H and O–H groups in total. The van der Waals surface area contributed by atoms with Crippen LogP contribution >= 0.6 is 0 Å². The number of hydrogen-bond acceptors (Lipinski definition) is 4. The highest BCUT2D eigenvalue weighted by Gasteiger charge is 2.31. The van der Waals surface area contributed by atoms with Crippen LogP contribution in [-0.4, -0.2) is 38.6 Å². The summed E-state index contributed by atoms with van der Waals surface area (Å²) in [6, 6.07) is 0. The maximum absolute atomic E-state index is 9.10. The zero-order valence-electron chi connectivity index (χ0n) is 12.2. The van der Waals surface area contributed by atoms with Crippen molar-refractivity contribution in [2.45, 2.75) is 83.2 Å². The van der Waals surface area contributed by atoms with Crippen molar-refractivity contribution in [2.24, 2.45) is 0 Å². The molecule has 0 atom stereocenters. The van der Waals surface area contributed by atoms with Crippen LogP contribution in [0, 0.1) is 0 Å². The van der Waals surface area contributed by atoms with Gasteiger partial charge in [0.1, 0.15) is 0 Å². The molecule has 0 heterocycles. The smallest absolute Gasteiger partial charge is 0.427 e. The van der Waals surface area contributed by atoms with Gasteiger partial charge in [-0.25, -0.2) is 0 Å². The van der Waals surface area contributed by atoms with Gasteiger partial charge in [-0.05, 0) is 33.5 Å². The van der Waals surface area contributed by atoms with E-state index in [1.54, 1.807) is 27.7 Å². The fourth-order valence-corrected chi connectivity index (χ4v) is 1.61. The van der Waals surface area contributed by atoms with Crippen LogP contribution in [0.4, 0.5) is 0 Å². The molecule has 1 aliphatic rings. The van der Waals surface area contributed by atoms with E-state index in [0.717, 1.165) is 12.8 Å². The number of aliphatic hydroxyl groups is 2. The van der Waals surface area contributed by atoms with Gasteiger partial charge in [-0.3, -0.25) is 0 Å². The van der Waals surface area contributed by atoms with Crippen molar-refractivity contribution in [1.82, 2.24) is 0 Å².